The predicted octanol–water partition coefficient (Wildman–Crippen LogP) is 3.97. The van der Waals surface area contributed by atoms with Crippen molar-refractivity contribution in [3.8, 4) is 5.75 Å². The van der Waals surface area contributed by atoms with Gasteiger partial charge in [0, 0.05) is 12.2 Å². The van der Waals surface area contributed by atoms with E-state index in [2.05, 4.69) is 11.9 Å². The van der Waals surface area contributed by atoms with Crippen molar-refractivity contribution in [2.24, 2.45) is 0 Å². The van der Waals surface area contributed by atoms with Gasteiger partial charge in [0.2, 0.25) is 5.91 Å². The van der Waals surface area contributed by atoms with Gasteiger partial charge in [0.25, 0.3) is 5.91 Å². The summed E-state index contributed by atoms with van der Waals surface area (Å²) in [5.41, 5.74) is 0.798. The van der Waals surface area contributed by atoms with E-state index in [1.165, 1.54) is 35.2 Å². The number of nitrogens with one attached hydrogen (secondary N) is 1. The van der Waals surface area contributed by atoms with Gasteiger partial charge in [0.05, 0.1) is 18.7 Å². The standard InChI is InChI=1S/C23H24FN3O4/c1-3-13-26-20(22(29)27(23(26)30)18-9-5-16(24)6-10-18)15-21(28)25-17-7-11-19(12-8-17)31-14-4-2/h3,5-12,20H,1,4,13-15H2,2H3,(H,25,28). The molecule has 3 rings (SSSR count). The fourth-order valence-corrected chi connectivity index (χ4v) is 3.25. The Morgan fingerprint density at radius 3 is 2.45 bits per heavy atom. The van der Waals surface area contributed by atoms with Crippen LogP contribution >= 0.6 is 0 Å². The molecule has 8 heteroatoms. The zero-order valence-electron chi connectivity index (χ0n) is 17.2. The first kappa shape index (κ1) is 22.0. The van der Waals surface area contributed by atoms with Gasteiger partial charge in [-0.15, -0.1) is 6.58 Å². The molecule has 1 unspecified atom stereocenters. The number of amides is 4. The van der Waals surface area contributed by atoms with Crippen LogP contribution in [0.25, 0.3) is 0 Å². The highest BCUT2D eigenvalue weighted by molar-refractivity contribution is 6.22. The van der Waals surface area contributed by atoms with E-state index < -0.39 is 29.7 Å². The molecule has 0 aromatic heterocycles. The minimum atomic E-state index is -0.984. The number of hydrogen-bond donors (Lipinski definition) is 1. The van der Waals surface area contributed by atoms with Crippen LogP contribution in [0.1, 0.15) is 19.8 Å². The normalized spacial score (nSPS) is 15.9. The van der Waals surface area contributed by atoms with E-state index in [1.54, 1.807) is 24.3 Å². The Balaban J connectivity index is 1.71. The van der Waals surface area contributed by atoms with Gasteiger partial charge in [-0.2, -0.15) is 0 Å². The van der Waals surface area contributed by atoms with Crippen LogP contribution in [0, 0.1) is 5.82 Å². The highest BCUT2D eigenvalue weighted by atomic mass is 19.1. The number of anilines is 2. The van der Waals surface area contributed by atoms with Crippen LogP contribution in [-0.4, -0.2) is 41.9 Å². The van der Waals surface area contributed by atoms with E-state index in [4.69, 9.17) is 4.74 Å². The fraction of sp³-hybridized carbons (Fsp3) is 0.261. The van der Waals surface area contributed by atoms with Crippen molar-refractivity contribution in [2.45, 2.75) is 25.8 Å². The number of halogens is 1. The summed E-state index contributed by atoms with van der Waals surface area (Å²) < 4.78 is 18.7. The molecule has 0 spiro atoms. The largest absolute Gasteiger partial charge is 0.494 e. The Hall–Kier alpha value is -3.68. The van der Waals surface area contributed by atoms with Gasteiger partial charge in [-0.05, 0) is 55.0 Å². The zero-order valence-corrected chi connectivity index (χ0v) is 17.2. The lowest BCUT2D eigenvalue weighted by Crippen LogP contribution is -2.38. The summed E-state index contributed by atoms with van der Waals surface area (Å²) in [5, 5.41) is 2.73. The third-order valence-electron chi connectivity index (χ3n) is 4.72. The average Bonchev–Trinajstić information content (AvgIpc) is 2.98. The SMILES string of the molecule is C=CCN1C(=O)N(c2ccc(F)cc2)C(=O)C1CC(=O)Nc1ccc(OCCC)cc1. The summed E-state index contributed by atoms with van der Waals surface area (Å²) in [5.74, 6) is -0.739. The molecule has 1 saturated heterocycles. The molecule has 1 aliphatic rings. The first-order chi connectivity index (χ1) is 14.9. The third-order valence-corrected chi connectivity index (χ3v) is 4.72. The maximum atomic E-state index is 13.2. The lowest BCUT2D eigenvalue weighted by molar-refractivity contribution is -0.124. The maximum absolute atomic E-state index is 13.2. The molecule has 1 heterocycles. The summed E-state index contributed by atoms with van der Waals surface area (Å²) in [6.07, 6.45) is 2.16. The van der Waals surface area contributed by atoms with Crippen LogP contribution in [-0.2, 0) is 9.59 Å². The van der Waals surface area contributed by atoms with Crippen molar-refractivity contribution in [1.82, 2.24) is 4.90 Å². The lowest BCUT2D eigenvalue weighted by atomic mass is 10.1. The second-order valence-corrected chi connectivity index (χ2v) is 7.01. The number of nitrogens with zero attached hydrogens (tertiary/aromatic N) is 2. The Labute approximate surface area is 180 Å². The summed E-state index contributed by atoms with van der Waals surface area (Å²) >= 11 is 0. The van der Waals surface area contributed by atoms with Gasteiger partial charge in [-0.3, -0.25) is 9.59 Å². The summed E-state index contributed by atoms with van der Waals surface area (Å²) in [7, 11) is 0. The van der Waals surface area contributed by atoms with Crippen LogP contribution < -0.4 is 15.0 Å². The number of benzene rings is 2. The molecule has 1 fully saturated rings. The molecular weight excluding hydrogens is 401 g/mol. The van der Waals surface area contributed by atoms with Gasteiger partial charge < -0.3 is 15.0 Å². The number of carbonyl (C=O) groups is 3. The summed E-state index contributed by atoms with van der Waals surface area (Å²) in [6.45, 7) is 6.33. The van der Waals surface area contributed by atoms with Crippen LogP contribution in [0.4, 0.5) is 20.6 Å². The first-order valence-electron chi connectivity index (χ1n) is 9.98. The van der Waals surface area contributed by atoms with Crippen molar-refractivity contribution in [3.63, 3.8) is 0 Å². The highest BCUT2D eigenvalue weighted by Crippen LogP contribution is 2.27. The number of imide groups is 1. The number of rotatable bonds is 9. The van der Waals surface area contributed by atoms with Gasteiger partial charge in [-0.25, -0.2) is 14.1 Å². The number of carbonyl (C=O) groups excluding carboxylic acids is 3. The van der Waals surface area contributed by atoms with Crippen molar-refractivity contribution in [3.05, 3.63) is 67.0 Å². The van der Waals surface area contributed by atoms with Crippen molar-refractivity contribution in [1.29, 1.82) is 0 Å². The smallest absolute Gasteiger partial charge is 0.332 e. The molecule has 4 amide bonds. The molecule has 31 heavy (non-hydrogen) atoms. The van der Waals surface area contributed by atoms with Crippen LogP contribution in [0.3, 0.4) is 0 Å². The fourth-order valence-electron chi connectivity index (χ4n) is 3.25. The monoisotopic (exact) mass is 425 g/mol. The van der Waals surface area contributed by atoms with Gasteiger partial charge in [-0.1, -0.05) is 13.0 Å². The number of ether oxygens (including phenoxy) is 1. The van der Waals surface area contributed by atoms with E-state index in [0.29, 0.717) is 18.0 Å². The average molecular weight is 425 g/mol. The predicted molar refractivity (Wildman–Crippen MR) is 115 cm³/mol. The van der Waals surface area contributed by atoms with Gasteiger partial charge >= 0.3 is 6.03 Å². The molecule has 0 saturated carbocycles. The molecule has 2 aromatic carbocycles. The second kappa shape index (κ2) is 9.88. The van der Waals surface area contributed by atoms with Gasteiger partial charge in [0.1, 0.15) is 17.6 Å². The van der Waals surface area contributed by atoms with Crippen LogP contribution in [0.15, 0.2) is 61.2 Å². The Kier molecular flexibility index (Phi) is 7.02. The Morgan fingerprint density at radius 1 is 1.16 bits per heavy atom. The first-order valence-corrected chi connectivity index (χ1v) is 9.98. The Morgan fingerprint density at radius 2 is 1.84 bits per heavy atom. The maximum Gasteiger partial charge on any atom is 0.332 e. The minimum absolute atomic E-state index is 0.101. The van der Waals surface area contributed by atoms with Crippen LogP contribution in [0.5, 0.6) is 5.75 Å². The molecule has 1 atom stereocenters. The van der Waals surface area contributed by atoms with E-state index in [-0.39, 0.29) is 18.7 Å². The highest BCUT2D eigenvalue weighted by Gasteiger charge is 2.46. The molecule has 0 bridgehead atoms. The van der Waals surface area contributed by atoms with Crippen molar-refractivity contribution < 1.29 is 23.5 Å². The van der Waals surface area contributed by atoms with Crippen LogP contribution in [0.2, 0.25) is 0 Å². The molecule has 0 aliphatic carbocycles. The zero-order chi connectivity index (χ0) is 22.4. The third kappa shape index (κ3) is 5.09. The molecule has 162 valence electrons. The molecule has 1 aliphatic heterocycles. The molecule has 0 radical (unpaired) electrons. The summed E-state index contributed by atoms with van der Waals surface area (Å²) in [4.78, 5) is 40.6. The molecule has 7 nitrogen and oxygen atoms in total. The lowest BCUT2D eigenvalue weighted by Gasteiger charge is -2.19. The van der Waals surface area contributed by atoms with Crippen molar-refractivity contribution >= 4 is 29.2 Å². The number of hydrogen-bond acceptors (Lipinski definition) is 4. The molecule has 2 aromatic rings. The van der Waals surface area contributed by atoms with E-state index in [9.17, 15) is 18.8 Å². The van der Waals surface area contributed by atoms with Gasteiger partial charge in [0.15, 0.2) is 0 Å². The molecule has 1 N–H and O–H groups in total. The van der Waals surface area contributed by atoms with E-state index in [0.717, 1.165) is 11.3 Å². The quantitative estimate of drug-likeness (QED) is 0.487. The topological polar surface area (TPSA) is 79.0 Å². The Bertz CT molecular complexity index is 960. The van der Waals surface area contributed by atoms with E-state index >= 15 is 0 Å². The number of urea groups is 1. The minimum Gasteiger partial charge on any atom is -0.494 e. The molecular formula is C23H24FN3O4. The summed E-state index contributed by atoms with van der Waals surface area (Å²) in [6, 6.07) is 10.4. The van der Waals surface area contributed by atoms with E-state index in [1.807, 2.05) is 6.92 Å². The van der Waals surface area contributed by atoms with Crippen molar-refractivity contribution in [2.75, 3.05) is 23.4 Å². The second-order valence-electron chi connectivity index (χ2n) is 7.01.